The Labute approximate surface area is 133 Å². The van der Waals surface area contributed by atoms with Crippen molar-refractivity contribution in [2.45, 2.75) is 52.4 Å². The number of nitrogens with one attached hydrogen (secondary N) is 2. The van der Waals surface area contributed by atoms with Gasteiger partial charge in [-0.15, -0.1) is 0 Å². The third-order valence-electron chi connectivity index (χ3n) is 3.53. The molecule has 2 N–H and O–H groups in total. The second kappa shape index (κ2) is 8.57. The molecular weight excluding hydrogens is 276 g/mol. The number of unbranched alkanes of at least 4 members (excludes halogenated alkanes) is 2. The molecule has 0 unspecified atom stereocenters. The molecule has 4 heteroatoms. The van der Waals surface area contributed by atoms with Crippen LogP contribution in [0.2, 0.25) is 0 Å². The van der Waals surface area contributed by atoms with Crippen molar-refractivity contribution in [3.8, 4) is 0 Å². The topological polar surface area (TPSA) is 58.2 Å². The minimum absolute atomic E-state index is 0.0198. The highest BCUT2D eigenvalue weighted by molar-refractivity contribution is 5.96. The van der Waals surface area contributed by atoms with Gasteiger partial charge < -0.3 is 10.6 Å². The van der Waals surface area contributed by atoms with Crippen LogP contribution in [0.3, 0.4) is 0 Å². The Morgan fingerprint density at radius 3 is 2.18 bits per heavy atom. The van der Waals surface area contributed by atoms with Crippen LogP contribution >= 0.6 is 0 Å². The molecule has 0 saturated heterocycles. The highest BCUT2D eigenvalue weighted by atomic mass is 16.2. The second-order valence-corrected chi connectivity index (χ2v) is 6.57. The van der Waals surface area contributed by atoms with Crippen molar-refractivity contribution >= 4 is 11.8 Å². The summed E-state index contributed by atoms with van der Waals surface area (Å²) >= 11 is 0. The maximum Gasteiger partial charge on any atom is 0.251 e. The summed E-state index contributed by atoms with van der Waals surface area (Å²) in [7, 11) is 0. The average Bonchev–Trinajstić information content (AvgIpc) is 2.48. The van der Waals surface area contributed by atoms with Crippen molar-refractivity contribution in [1.82, 2.24) is 10.6 Å². The molecule has 0 heterocycles. The van der Waals surface area contributed by atoms with Crippen molar-refractivity contribution in [3.05, 3.63) is 35.4 Å². The van der Waals surface area contributed by atoms with E-state index in [4.69, 9.17) is 0 Å². The van der Waals surface area contributed by atoms with Gasteiger partial charge in [-0.2, -0.15) is 0 Å². The molecule has 0 radical (unpaired) electrons. The normalized spacial score (nSPS) is 11.1. The van der Waals surface area contributed by atoms with E-state index < -0.39 is 0 Å². The molecule has 0 aliphatic heterocycles. The van der Waals surface area contributed by atoms with E-state index in [2.05, 4.69) is 38.3 Å². The SMILES string of the molecule is CCCCCNC(=O)CNC(=O)c1ccc(C(C)(C)C)cc1. The zero-order valence-corrected chi connectivity index (χ0v) is 14.2. The molecular formula is C18H28N2O2. The molecule has 0 bridgehead atoms. The Morgan fingerprint density at radius 1 is 1.00 bits per heavy atom. The number of carbonyl (C=O) groups is 2. The van der Waals surface area contributed by atoms with Gasteiger partial charge in [-0.3, -0.25) is 9.59 Å². The Balaban J connectivity index is 2.40. The van der Waals surface area contributed by atoms with Crippen molar-refractivity contribution in [2.24, 2.45) is 0 Å². The molecule has 0 aromatic heterocycles. The molecule has 122 valence electrons. The fourth-order valence-electron chi connectivity index (χ4n) is 2.05. The fraction of sp³-hybridized carbons (Fsp3) is 0.556. The minimum atomic E-state index is -0.218. The molecule has 4 nitrogen and oxygen atoms in total. The number of amides is 2. The summed E-state index contributed by atoms with van der Waals surface area (Å²) in [4.78, 5) is 23.6. The molecule has 0 spiro atoms. The van der Waals surface area contributed by atoms with Gasteiger partial charge in [-0.1, -0.05) is 52.7 Å². The van der Waals surface area contributed by atoms with Gasteiger partial charge in [0.05, 0.1) is 6.54 Å². The second-order valence-electron chi connectivity index (χ2n) is 6.57. The van der Waals surface area contributed by atoms with Crippen LogP contribution in [-0.2, 0) is 10.2 Å². The fourth-order valence-corrected chi connectivity index (χ4v) is 2.05. The maximum atomic E-state index is 12.0. The lowest BCUT2D eigenvalue weighted by atomic mass is 9.87. The van der Waals surface area contributed by atoms with Crippen LogP contribution < -0.4 is 10.6 Å². The smallest absolute Gasteiger partial charge is 0.251 e. The summed E-state index contributed by atoms with van der Waals surface area (Å²) in [6, 6.07) is 7.52. The zero-order chi connectivity index (χ0) is 16.6. The quantitative estimate of drug-likeness (QED) is 0.761. The molecule has 22 heavy (non-hydrogen) atoms. The molecule has 1 aromatic carbocycles. The maximum absolute atomic E-state index is 12.0. The van der Waals surface area contributed by atoms with Crippen LogP contribution in [0, 0.1) is 0 Å². The summed E-state index contributed by atoms with van der Waals surface area (Å²) in [5.41, 5.74) is 1.82. The van der Waals surface area contributed by atoms with Crippen LogP contribution in [0.4, 0.5) is 0 Å². The van der Waals surface area contributed by atoms with Gasteiger partial charge in [-0.25, -0.2) is 0 Å². The molecule has 1 rings (SSSR count). The monoisotopic (exact) mass is 304 g/mol. The first kappa shape index (κ1) is 18.2. The lowest BCUT2D eigenvalue weighted by Crippen LogP contribution is -2.37. The average molecular weight is 304 g/mol. The first-order valence-corrected chi connectivity index (χ1v) is 8.00. The van der Waals surface area contributed by atoms with Gasteiger partial charge in [0.1, 0.15) is 0 Å². The summed E-state index contributed by atoms with van der Waals surface area (Å²) in [5.74, 6) is -0.361. The summed E-state index contributed by atoms with van der Waals surface area (Å²) in [5, 5.41) is 5.45. The summed E-state index contributed by atoms with van der Waals surface area (Å²) in [6.07, 6.45) is 3.20. The predicted molar refractivity (Wildman–Crippen MR) is 90.0 cm³/mol. The standard InChI is InChI=1S/C18H28N2O2/c1-5-6-7-12-19-16(21)13-20-17(22)14-8-10-15(11-9-14)18(2,3)4/h8-11H,5-7,12-13H2,1-4H3,(H,19,21)(H,20,22). The van der Waals surface area contributed by atoms with E-state index in [-0.39, 0.29) is 23.8 Å². The summed E-state index contributed by atoms with van der Waals surface area (Å²) in [6.45, 7) is 9.20. The van der Waals surface area contributed by atoms with Crippen LogP contribution in [0.15, 0.2) is 24.3 Å². The highest BCUT2D eigenvalue weighted by Crippen LogP contribution is 2.22. The number of hydrogen-bond acceptors (Lipinski definition) is 2. The van der Waals surface area contributed by atoms with E-state index in [1.807, 2.05) is 12.1 Å². The number of carbonyl (C=O) groups excluding carboxylic acids is 2. The molecule has 0 saturated carbocycles. The van der Waals surface area contributed by atoms with E-state index in [0.29, 0.717) is 12.1 Å². The van der Waals surface area contributed by atoms with Gasteiger partial charge in [0.2, 0.25) is 5.91 Å². The Bertz CT molecular complexity index is 487. The van der Waals surface area contributed by atoms with Gasteiger partial charge in [0.25, 0.3) is 5.91 Å². The van der Waals surface area contributed by atoms with E-state index in [0.717, 1.165) is 19.3 Å². The molecule has 2 amide bonds. The molecule has 0 aliphatic carbocycles. The van der Waals surface area contributed by atoms with Crippen LogP contribution in [0.25, 0.3) is 0 Å². The van der Waals surface area contributed by atoms with Crippen molar-refractivity contribution in [1.29, 1.82) is 0 Å². The third kappa shape index (κ3) is 6.29. The minimum Gasteiger partial charge on any atom is -0.355 e. The first-order valence-electron chi connectivity index (χ1n) is 8.00. The molecule has 1 aromatic rings. The van der Waals surface area contributed by atoms with E-state index in [1.165, 1.54) is 5.56 Å². The number of benzene rings is 1. The van der Waals surface area contributed by atoms with Gasteiger partial charge >= 0.3 is 0 Å². The Kier molecular flexibility index (Phi) is 7.09. The predicted octanol–water partition coefficient (Wildman–Crippen LogP) is 3.02. The summed E-state index contributed by atoms with van der Waals surface area (Å²) < 4.78 is 0. The first-order chi connectivity index (χ1) is 10.3. The molecule has 0 fully saturated rings. The van der Waals surface area contributed by atoms with Gasteiger partial charge in [0.15, 0.2) is 0 Å². The van der Waals surface area contributed by atoms with Crippen LogP contribution in [0.5, 0.6) is 0 Å². The third-order valence-corrected chi connectivity index (χ3v) is 3.53. The van der Waals surface area contributed by atoms with Gasteiger partial charge in [0, 0.05) is 12.1 Å². The number of rotatable bonds is 7. The lowest BCUT2D eigenvalue weighted by molar-refractivity contribution is -0.120. The van der Waals surface area contributed by atoms with Crippen molar-refractivity contribution in [2.75, 3.05) is 13.1 Å². The van der Waals surface area contributed by atoms with E-state index >= 15 is 0 Å². The number of hydrogen-bond donors (Lipinski definition) is 2. The van der Waals surface area contributed by atoms with E-state index in [9.17, 15) is 9.59 Å². The molecule has 0 aliphatic rings. The van der Waals surface area contributed by atoms with Crippen molar-refractivity contribution in [3.63, 3.8) is 0 Å². The molecule has 0 atom stereocenters. The van der Waals surface area contributed by atoms with Gasteiger partial charge in [-0.05, 0) is 29.5 Å². The van der Waals surface area contributed by atoms with Crippen LogP contribution in [0.1, 0.15) is 62.9 Å². The van der Waals surface area contributed by atoms with Crippen molar-refractivity contribution < 1.29 is 9.59 Å². The zero-order valence-electron chi connectivity index (χ0n) is 14.2. The van der Waals surface area contributed by atoms with E-state index in [1.54, 1.807) is 12.1 Å². The highest BCUT2D eigenvalue weighted by Gasteiger charge is 2.14. The van der Waals surface area contributed by atoms with Crippen LogP contribution in [-0.4, -0.2) is 24.9 Å². The Hall–Kier alpha value is -1.84. The lowest BCUT2D eigenvalue weighted by Gasteiger charge is -2.19. The largest absolute Gasteiger partial charge is 0.355 e. The Morgan fingerprint density at radius 2 is 1.64 bits per heavy atom.